The van der Waals surface area contributed by atoms with Gasteiger partial charge in [0.25, 0.3) is 5.91 Å². The summed E-state index contributed by atoms with van der Waals surface area (Å²) in [5.41, 5.74) is 0.945. The van der Waals surface area contributed by atoms with Crippen LogP contribution in [0.2, 0.25) is 0 Å². The molecule has 0 aliphatic heterocycles. The Labute approximate surface area is 121 Å². The maximum atomic E-state index is 12.4. The van der Waals surface area contributed by atoms with E-state index in [1.807, 2.05) is 0 Å². The Kier molecular flexibility index (Phi) is 4.32. The Morgan fingerprint density at radius 2 is 2.14 bits per heavy atom. The first-order valence-corrected chi connectivity index (χ1v) is 6.46. The molecule has 0 aliphatic rings. The molecular formula is C14H16N4O3. The van der Waals surface area contributed by atoms with Gasteiger partial charge in [-0.1, -0.05) is 0 Å². The minimum atomic E-state index is -1.05. The zero-order valence-corrected chi connectivity index (χ0v) is 11.8. The molecule has 0 atom stereocenters. The standard InChI is InChI=1S/C14H16N4O3/c1-10(2)18(8-13(19)20)14(21)12-7-11(3-4-16-12)17-6-5-15-9-17/h3-7,9-10H,8H2,1-2H3,(H,19,20). The summed E-state index contributed by atoms with van der Waals surface area (Å²) in [6, 6.07) is 3.13. The van der Waals surface area contributed by atoms with E-state index in [0.29, 0.717) is 0 Å². The van der Waals surface area contributed by atoms with E-state index in [0.717, 1.165) is 5.69 Å². The molecule has 1 N–H and O–H groups in total. The molecule has 7 heteroatoms. The van der Waals surface area contributed by atoms with Crippen molar-refractivity contribution < 1.29 is 14.7 Å². The molecule has 2 aromatic rings. The molecule has 0 spiro atoms. The van der Waals surface area contributed by atoms with Gasteiger partial charge in [-0.05, 0) is 26.0 Å². The molecule has 0 aliphatic carbocycles. The molecule has 0 radical (unpaired) electrons. The summed E-state index contributed by atoms with van der Waals surface area (Å²) in [5, 5.41) is 8.91. The molecule has 7 nitrogen and oxygen atoms in total. The number of amides is 1. The molecule has 2 aromatic heterocycles. The number of hydrogen-bond acceptors (Lipinski definition) is 4. The van der Waals surface area contributed by atoms with Gasteiger partial charge in [-0.15, -0.1) is 0 Å². The highest BCUT2D eigenvalue weighted by atomic mass is 16.4. The maximum absolute atomic E-state index is 12.4. The summed E-state index contributed by atoms with van der Waals surface area (Å²) < 4.78 is 1.75. The Bertz CT molecular complexity index is 637. The summed E-state index contributed by atoms with van der Waals surface area (Å²) in [6.45, 7) is 3.18. The normalized spacial score (nSPS) is 10.6. The molecule has 0 saturated heterocycles. The number of nitrogens with zero attached hydrogens (tertiary/aromatic N) is 4. The lowest BCUT2D eigenvalue weighted by molar-refractivity contribution is -0.138. The number of imidazole rings is 1. The van der Waals surface area contributed by atoms with Gasteiger partial charge in [0.1, 0.15) is 12.2 Å². The number of carbonyl (C=O) groups is 2. The molecule has 21 heavy (non-hydrogen) atoms. The number of carbonyl (C=O) groups excluding carboxylic acids is 1. The summed E-state index contributed by atoms with van der Waals surface area (Å²) in [6.07, 6.45) is 6.51. The molecule has 0 unspecified atom stereocenters. The van der Waals surface area contributed by atoms with E-state index in [1.54, 1.807) is 49.3 Å². The molecule has 0 bridgehead atoms. The third-order valence-corrected chi connectivity index (χ3v) is 2.95. The molecule has 2 heterocycles. The fourth-order valence-corrected chi connectivity index (χ4v) is 1.89. The van der Waals surface area contributed by atoms with Gasteiger partial charge in [0.2, 0.25) is 0 Å². The van der Waals surface area contributed by atoms with E-state index < -0.39 is 11.9 Å². The van der Waals surface area contributed by atoms with Gasteiger partial charge in [-0.3, -0.25) is 14.6 Å². The number of pyridine rings is 1. The van der Waals surface area contributed by atoms with Crippen molar-refractivity contribution in [3.05, 3.63) is 42.7 Å². The zero-order valence-electron chi connectivity index (χ0n) is 11.8. The molecular weight excluding hydrogens is 272 g/mol. The largest absolute Gasteiger partial charge is 0.480 e. The Morgan fingerprint density at radius 1 is 1.38 bits per heavy atom. The van der Waals surface area contributed by atoms with E-state index in [1.165, 1.54) is 11.1 Å². The van der Waals surface area contributed by atoms with E-state index in [-0.39, 0.29) is 18.3 Å². The molecule has 0 fully saturated rings. The van der Waals surface area contributed by atoms with Crippen LogP contribution in [0.25, 0.3) is 5.69 Å². The van der Waals surface area contributed by atoms with E-state index in [4.69, 9.17) is 5.11 Å². The monoisotopic (exact) mass is 288 g/mol. The SMILES string of the molecule is CC(C)N(CC(=O)O)C(=O)c1cc(-n2ccnc2)ccn1. The van der Waals surface area contributed by atoms with Crippen LogP contribution in [0.3, 0.4) is 0 Å². The summed E-state index contributed by atoms with van der Waals surface area (Å²) >= 11 is 0. The van der Waals surface area contributed by atoms with Gasteiger partial charge in [-0.2, -0.15) is 0 Å². The molecule has 0 saturated carbocycles. The maximum Gasteiger partial charge on any atom is 0.323 e. The van der Waals surface area contributed by atoms with E-state index >= 15 is 0 Å². The fraction of sp³-hybridized carbons (Fsp3) is 0.286. The van der Waals surface area contributed by atoms with Gasteiger partial charge in [0.15, 0.2) is 0 Å². The van der Waals surface area contributed by atoms with Crippen molar-refractivity contribution in [3.63, 3.8) is 0 Å². The fourth-order valence-electron chi connectivity index (χ4n) is 1.89. The topological polar surface area (TPSA) is 88.3 Å². The van der Waals surface area contributed by atoms with Crippen LogP contribution < -0.4 is 0 Å². The first-order valence-electron chi connectivity index (χ1n) is 6.46. The molecule has 0 aromatic carbocycles. The predicted molar refractivity (Wildman–Crippen MR) is 75.2 cm³/mol. The van der Waals surface area contributed by atoms with Gasteiger partial charge < -0.3 is 14.6 Å². The van der Waals surface area contributed by atoms with Crippen LogP contribution in [0.15, 0.2) is 37.1 Å². The Hall–Kier alpha value is -2.70. The second kappa shape index (κ2) is 6.17. The molecule has 110 valence electrons. The lowest BCUT2D eigenvalue weighted by Crippen LogP contribution is -2.41. The Morgan fingerprint density at radius 3 is 2.71 bits per heavy atom. The van der Waals surface area contributed by atoms with Crippen LogP contribution in [-0.4, -0.2) is 49.0 Å². The lowest BCUT2D eigenvalue weighted by atomic mass is 10.2. The third kappa shape index (κ3) is 3.44. The van der Waals surface area contributed by atoms with Crippen molar-refractivity contribution in [3.8, 4) is 5.69 Å². The summed E-state index contributed by atoms with van der Waals surface area (Å²) in [5.74, 6) is -1.46. The van der Waals surface area contributed by atoms with Crippen molar-refractivity contribution in [2.75, 3.05) is 6.54 Å². The van der Waals surface area contributed by atoms with Crippen molar-refractivity contribution in [1.29, 1.82) is 0 Å². The summed E-state index contributed by atoms with van der Waals surface area (Å²) in [4.78, 5) is 32.5. The number of aliphatic carboxylic acids is 1. The van der Waals surface area contributed by atoms with Crippen LogP contribution >= 0.6 is 0 Å². The lowest BCUT2D eigenvalue weighted by Gasteiger charge is -2.24. The molecule has 1 amide bonds. The first kappa shape index (κ1) is 14.7. The van der Waals surface area contributed by atoms with Crippen LogP contribution in [0, 0.1) is 0 Å². The highest BCUT2D eigenvalue weighted by Crippen LogP contribution is 2.11. The van der Waals surface area contributed by atoms with Crippen LogP contribution in [0.4, 0.5) is 0 Å². The quantitative estimate of drug-likeness (QED) is 0.893. The smallest absolute Gasteiger partial charge is 0.323 e. The van der Waals surface area contributed by atoms with Crippen LogP contribution in [0.5, 0.6) is 0 Å². The van der Waals surface area contributed by atoms with Crippen molar-refractivity contribution in [2.24, 2.45) is 0 Å². The highest BCUT2D eigenvalue weighted by molar-refractivity contribution is 5.94. The van der Waals surface area contributed by atoms with Crippen molar-refractivity contribution in [2.45, 2.75) is 19.9 Å². The van der Waals surface area contributed by atoms with Crippen LogP contribution in [0.1, 0.15) is 24.3 Å². The van der Waals surface area contributed by atoms with Gasteiger partial charge >= 0.3 is 5.97 Å². The number of rotatable bonds is 5. The minimum absolute atomic E-state index is 0.205. The van der Waals surface area contributed by atoms with Crippen molar-refractivity contribution >= 4 is 11.9 Å². The van der Waals surface area contributed by atoms with E-state index in [9.17, 15) is 9.59 Å². The average molecular weight is 288 g/mol. The second-order valence-electron chi connectivity index (χ2n) is 4.79. The Balaban J connectivity index is 2.30. The molecule has 2 rings (SSSR count). The second-order valence-corrected chi connectivity index (χ2v) is 4.79. The first-order chi connectivity index (χ1) is 9.99. The number of aromatic nitrogens is 3. The zero-order chi connectivity index (χ0) is 15.4. The van der Waals surface area contributed by atoms with E-state index in [2.05, 4.69) is 9.97 Å². The van der Waals surface area contributed by atoms with Gasteiger partial charge in [0.05, 0.1) is 12.0 Å². The highest BCUT2D eigenvalue weighted by Gasteiger charge is 2.22. The van der Waals surface area contributed by atoms with Crippen molar-refractivity contribution in [1.82, 2.24) is 19.4 Å². The van der Waals surface area contributed by atoms with Crippen LogP contribution in [-0.2, 0) is 4.79 Å². The third-order valence-electron chi connectivity index (χ3n) is 2.95. The average Bonchev–Trinajstić information content (AvgIpc) is 2.98. The number of hydrogen-bond donors (Lipinski definition) is 1. The minimum Gasteiger partial charge on any atom is -0.480 e. The van der Waals surface area contributed by atoms with Gasteiger partial charge in [0, 0.05) is 24.6 Å². The number of carboxylic acid groups (broad SMARTS) is 1. The van der Waals surface area contributed by atoms with Gasteiger partial charge in [-0.25, -0.2) is 4.98 Å². The summed E-state index contributed by atoms with van der Waals surface area (Å²) in [7, 11) is 0. The predicted octanol–water partition coefficient (Wildman–Crippen LogP) is 1.20. The number of carboxylic acids is 1.